The van der Waals surface area contributed by atoms with Crippen LogP contribution in [0.4, 0.5) is 4.79 Å². The van der Waals surface area contributed by atoms with Gasteiger partial charge in [-0.1, -0.05) is 29.8 Å². The van der Waals surface area contributed by atoms with Gasteiger partial charge in [0.05, 0.1) is 0 Å². The summed E-state index contributed by atoms with van der Waals surface area (Å²) in [5, 5.41) is 10.3. The van der Waals surface area contributed by atoms with Crippen molar-refractivity contribution in [3.63, 3.8) is 0 Å². The van der Waals surface area contributed by atoms with Crippen LogP contribution in [0.5, 0.6) is 0 Å². The summed E-state index contributed by atoms with van der Waals surface area (Å²) in [6.45, 7) is 5.68. The lowest BCUT2D eigenvalue weighted by Crippen LogP contribution is -2.41. The summed E-state index contributed by atoms with van der Waals surface area (Å²) in [5.74, 6) is 0. The molecule has 0 fully saturated rings. The second-order valence-electron chi connectivity index (χ2n) is 6.06. The summed E-state index contributed by atoms with van der Waals surface area (Å²) in [5.41, 5.74) is 1.20. The van der Waals surface area contributed by atoms with Gasteiger partial charge in [-0.15, -0.1) is 0 Å². The highest BCUT2D eigenvalue weighted by atomic mass is 35.5. The van der Waals surface area contributed by atoms with Gasteiger partial charge >= 0.3 is 6.09 Å². The number of aromatic amines is 1. The summed E-state index contributed by atoms with van der Waals surface area (Å²) in [6.07, 6.45) is 1.17. The largest absolute Gasteiger partial charge is 0.439 e. The maximum absolute atomic E-state index is 12.0. The fraction of sp³-hybridized carbons (Fsp3) is 0.375. The Kier molecular flexibility index (Phi) is 5.08. The van der Waals surface area contributed by atoms with Gasteiger partial charge in [-0.05, 0) is 38.5 Å². The van der Waals surface area contributed by atoms with Gasteiger partial charge in [-0.25, -0.2) is 4.79 Å². The van der Waals surface area contributed by atoms with Crippen molar-refractivity contribution in [2.24, 2.45) is 0 Å². The zero-order valence-electron chi connectivity index (χ0n) is 12.9. The lowest BCUT2D eigenvalue weighted by atomic mass is 10.1. The number of H-pyrrole nitrogens is 1. The van der Waals surface area contributed by atoms with Crippen molar-refractivity contribution < 1.29 is 9.53 Å². The van der Waals surface area contributed by atoms with Crippen LogP contribution in [0.3, 0.4) is 0 Å². The molecule has 2 N–H and O–H groups in total. The number of ether oxygens (including phenoxy) is 1. The van der Waals surface area contributed by atoms with Crippen LogP contribution in [0.2, 0.25) is 5.02 Å². The quantitative estimate of drug-likeness (QED) is 0.898. The van der Waals surface area contributed by atoms with E-state index in [2.05, 4.69) is 15.5 Å². The smallest absolute Gasteiger partial charge is 0.408 e. The van der Waals surface area contributed by atoms with Crippen LogP contribution in [0, 0.1) is 0 Å². The lowest BCUT2D eigenvalue weighted by Gasteiger charge is -2.23. The number of nitrogens with zero attached hydrogens (tertiary/aromatic N) is 1. The van der Waals surface area contributed by atoms with Crippen LogP contribution in [-0.2, 0) is 11.2 Å². The molecule has 1 atom stereocenters. The third kappa shape index (κ3) is 4.77. The summed E-state index contributed by atoms with van der Waals surface area (Å²) in [7, 11) is 0. The molecule has 118 valence electrons. The number of rotatable bonds is 4. The SMILES string of the molecule is CC(C)(C)NC(=O)O[C@@H](Cc1ccccc1Cl)c1cc[nH]n1. The number of halogens is 1. The second-order valence-corrected chi connectivity index (χ2v) is 6.47. The van der Waals surface area contributed by atoms with Gasteiger partial charge in [-0.3, -0.25) is 5.10 Å². The molecule has 0 saturated heterocycles. The van der Waals surface area contributed by atoms with E-state index < -0.39 is 12.2 Å². The Bertz CT molecular complexity index is 621. The van der Waals surface area contributed by atoms with Gasteiger partial charge in [0, 0.05) is 23.2 Å². The van der Waals surface area contributed by atoms with Crippen molar-refractivity contribution >= 4 is 17.7 Å². The summed E-state index contributed by atoms with van der Waals surface area (Å²) < 4.78 is 5.54. The summed E-state index contributed by atoms with van der Waals surface area (Å²) in [6, 6.07) is 9.27. The van der Waals surface area contributed by atoms with Crippen molar-refractivity contribution in [3.05, 3.63) is 52.8 Å². The third-order valence-electron chi connectivity index (χ3n) is 2.94. The van der Waals surface area contributed by atoms with Gasteiger partial charge < -0.3 is 10.1 Å². The van der Waals surface area contributed by atoms with Crippen molar-refractivity contribution in [2.45, 2.75) is 38.8 Å². The van der Waals surface area contributed by atoms with E-state index in [1.165, 1.54) is 0 Å². The van der Waals surface area contributed by atoms with Crippen LogP contribution in [0.25, 0.3) is 0 Å². The Hall–Kier alpha value is -2.01. The van der Waals surface area contributed by atoms with E-state index in [4.69, 9.17) is 16.3 Å². The molecule has 5 nitrogen and oxygen atoms in total. The number of alkyl carbamates (subject to hydrolysis) is 1. The maximum Gasteiger partial charge on any atom is 0.408 e. The standard InChI is InChI=1S/C16H20ClN3O2/c1-16(2,3)19-15(21)22-14(13-8-9-18-20-13)10-11-6-4-5-7-12(11)17/h4-9,14H,10H2,1-3H3,(H,18,20)(H,19,21)/t14-/m0/s1. The van der Waals surface area contributed by atoms with Gasteiger partial charge in [0.25, 0.3) is 0 Å². The summed E-state index contributed by atoms with van der Waals surface area (Å²) >= 11 is 6.19. The normalized spacial score (nSPS) is 12.7. The van der Waals surface area contributed by atoms with Crippen LogP contribution in [0.15, 0.2) is 36.5 Å². The number of aromatic nitrogens is 2. The Morgan fingerprint density at radius 1 is 1.36 bits per heavy atom. The van der Waals surface area contributed by atoms with Gasteiger partial charge in [0.1, 0.15) is 5.69 Å². The first-order chi connectivity index (χ1) is 10.3. The molecule has 22 heavy (non-hydrogen) atoms. The van der Waals surface area contributed by atoms with E-state index >= 15 is 0 Å². The molecule has 0 saturated carbocycles. The molecule has 1 aromatic carbocycles. The molecular formula is C16H20ClN3O2. The molecule has 0 aliphatic rings. The number of hydrogen-bond acceptors (Lipinski definition) is 3. The van der Waals surface area contributed by atoms with Crippen molar-refractivity contribution in [3.8, 4) is 0 Å². The number of hydrogen-bond donors (Lipinski definition) is 2. The predicted octanol–water partition coefficient (Wildman–Crippen LogP) is 3.87. The maximum atomic E-state index is 12.0. The van der Waals surface area contributed by atoms with Crippen molar-refractivity contribution in [1.82, 2.24) is 15.5 Å². The minimum Gasteiger partial charge on any atom is -0.439 e. The molecule has 0 unspecified atom stereocenters. The van der Waals surface area contributed by atoms with E-state index in [0.717, 1.165) is 5.56 Å². The van der Waals surface area contributed by atoms with Gasteiger partial charge in [-0.2, -0.15) is 5.10 Å². The highest BCUT2D eigenvalue weighted by Gasteiger charge is 2.23. The number of amides is 1. The molecule has 0 radical (unpaired) electrons. The van der Waals surface area contributed by atoms with Crippen LogP contribution >= 0.6 is 11.6 Å². The van der Waals surface area contributed by atoms with E-state index in [-0.39, 0.29) is 5.54 Å². The molecule has 0 aliphatic heterocycles. The molecule has 0 spiro atoms. The minimum absolute atomic E-state index is 0.363. The number of carbonyl (C=O) groups excluding carboxylic acids is 1. The minimum atomic E-state index is -0.506. The second kappa shape index (κ2) is 6.83. The first-order valence-corrected chi connectivity index (χ1v) is 7.45. The molecule has 1 aromatic heterocycles. The van der Waals surface area contributed by atoms with Crippen LogP contribution < -0.4 is 5.32 Å². The number of carbonyl (C=O) groups is 1. The number of benzene rings is 1. The summed E-state index contributed by atoms with van der Waals surface area (Å²) in [4.78, 5) is 12.0. The Morgan fingerprint density at radius 2 is 2.09 bits per heavy atom. The monoisotopic (exact) mass is 321 g/mol. The van der Waals surface area contributed by atoms with E-state index in [1.807, 2.05) is 45.0 Å². The molecule has 0 bridgehead atoms. The first kappa shape index (κ1) is 16.4. The average Bonchev–Trinajstić information content (AvgIpc) is 2.92. The number of nitrogens with one attached hydrogen (secondary N) is 2. The molecule has 6 heteroatoms. The highest BCUT2D eigenvalue weighted by Crippen LogP contribution is 2.25. The zero-order chi connectivity index (χ0) is 16.2. The fourth-order valence-electron chi connectivity index (χ4n) is 1.99. The third-order valence-corrected chi connectivity index (χ3v) is 3.31. The molecule has 0 aliphatic carbocycles. The van der Waals surface area contributed by atoms with Gasteiger partial charge in [0.2, 0.25) is 0 Å². The van der Waals surface area contributed by atoms with Crippen LogP contribution in [-0.4, -0.2) is 21.8 Å². The highest BCUT2D eigenvalue weighted by molar-refractivity contribution is 6.31. The topological polar surface area (TPSA) is 67.0 Å². The van der Waals surface area contributed by atoms with Crippen LogP contribution in [0.1, 0.15) is 38.1 Å². The lowest BCUT2D eigenvalue weighted by molar-refractivity contribution is 0.0888. The molecule has 2 aromatic rings. The van der Waals surface area contributed by atoms with Crippen molar-refractivity contribution in [2.75, 3.05) is 0 Å². The molecule has 2 rings (SSSR count). The van der Waals surface area contributed by atoms with E-state index in [1.54, 1.807) is 12.3 Å². The molecular weight excluding hydrogens is 302 g/mol. The van der Waals surface area contributed by atoms with Gasteiger partial charge in [0.15, 0.2) is 6.10 Å². The first-order valence-electron chi connectivity index (χ1n) is 7.07. The van der Waals surface area contributed by atoms with E-state index in [0.29, 0.717) is 17.1 Å². The Balaban J connectivity index is 2.14. The predicted molar refractivity (Wildman–Crippen MR) is 85.9 cm³/mol. The average molecular weight is 322 g/mol. The Morgan fingerprint density at radius 3 is 2.68 bits per heavy atom. The molecule has 1 amide bonds. The zero-order valence-corrected chi connectivity index (χ0v) is 13.6. The van der Waals surface area contributed by atoms with Crippen molar-refractivity contribution in [1.29, 1.82) is 0 Å². The van der Waals surface area contributed by atoms with E-state index in [9.17, 15) is 4.79 Å². The fourth-order valence-corrected chi connectivity index (χ4v) is 2.20. The molecule has 1 heterocycles. The Labute approximate surface area is 135 Å².